The number of carbonyl (C=O) groups excluding carboxylic acids is 1. The molecule has 0 bridgehead atoms. The quantitative estimate of drug-likeness (QED) is 0.752. The van der Waals surface area contributed by atoms with Crippen LogP contribution in [0.4, 0.5) is 23.7 Å². The average molecular weight is 440 g/mol. The third-order valence-electron chi connectivity index (χ3n) is 6.95. The average Bonchev–Trinajstić information content (AvgIpc) is 3.03. The van der Waals surface area contributed by atoms with Gasteiger partial charge in [-0.05, 0) is 55.9 Å². The van der Waals surface area contributed by atoms with E-state index in [1.165, 1.54) is 12.1 Å². The number of rotatable bonds is 4. The first-order valence-electron chi connectivity index (χ1n) is 10.8. The van der Waals surface area contributed by atoms with Crippen LogP contribution in [0.1, 0.15) is 44.1 Å². The fourth-order valence-electron chi connectivity index (χ4n) is 5.03. The standard InChI is InChI=1S/C22H27F3N2O4/c23-22(24,25)17-5-7-18(8-6-17)26-11-9-21(10-12-26)14-27(20(30)31-21)13-15-1-3-16(4-2-15)19(28)29/h5-8,15-16H,1-4,9-14H2,(H,28,29). The largest absolute Gasteiger partial charge is 0.481 e. The van der Waals surface area contributed by atoms with E-state index in [4.69, 9.17) is 9.84 Å². The summed E-state index contributed by atoms with van der Waals surface area (Å²) < 4.78 is 44.1. The lowest BCUT2D eigenvalue weighted by Crippen LogP contribution is -2.47. The van der Waals surface area contributed by atoms with Crippen LogP contribution in [0, 0.1) is 11.8 Å². The number of benzene rings is 1. The molecule has 1 N–H and O–H groups in total. The molecule has 6 nitrogen and oxygen atoms in total. The predicted molar refractivity (Wildman–Crippen MR) is 107 cm³/mol. The number of carbonyl (C=O) groups is 2. The first kappa shape index (κ1) is 21.8. The van der Waals surface area contributed by atoms with Crippen LogP contribution in [0.15, 0.2) is 24.3 Å². The van der Waals surface area contributed by atoms with E-state index in [-0.39, 0.29) is 12.0 Å². The van der Waals surface area contributed by atoms with E-state index < -0.39 is 23.3 Å². The minimum Gasteiger partial charge on any atom is -0.481 e. The molecule has 1 aromatic rings. The number of carboxylic acids is 1. The monoisotopic (exact) mass is 440 g/mol. The molecule has 1 amide bonds. The number of ether oxygens (including phenoxy) is 1. The topological polar surface area (TPSA) is 70.1 Å². The van der Waals surface area contributed by atoms with E-state index in [0.29, 0.717) is 57.8 Å². The zero-order chi connectivity index (χ0) is 22.2. The van der Waals surface area contributed by atoms with Crippen LogP contribution in [-0.2, 0) is 15.7 Å². The molecule has 0 aromatic heterocycles. The van der Waals surface area contributed by atoms with Crippen LogP contribution in [-0.4, -0.2) is 53.8 Å². The lowest BCUT2D eigenvalue weighted by atomic mass is 9.81. The Hall–Kier alpha value is -2.45. The maximum Gasteiger partial charge on any atom is 0.416 e. The third-order valence-corrected chi connectivity index (χ3v) is 6.95. The van der Waals surface area contributed by atoms with Crippen molar-refractivity contribution in [2.24, 2.45) is 11.8 Å². The molecule has 2 heterocycles. The zero-order valence-electron chi connectivity index (χ0n) is 17.2. The molecule has 3 fully saturated rings. The molecule has 3 aliphatic rings. The number of nitrogens with zero attached hydrogens (tertiary/aromatic N) is 2. The van der Waals surface area contributed by atoms with Gasteiger partial charge in [0.15, 0.2) is 0 Å². The number of halogens is 3. The molecular weight excluding hydrogens is 413 g/mol. The highest BCUT2D eigenvalue weighted by molar-refractivity contribution is 5.71. The number of hydrogen-bond donors (Lipinski definition) is 1. The van der Waals surface area contributed by atoms with Gasteiger partial charge in [0.2, 0.25) is 0 Å². The second kappa shape index (κ2) is 8.24. The van der Waals surface area contributed by atoms with Gasteiger partial charge in [0.25, 0.3) is 0 Å². The van der Waals surface area contributed by atoms with Gasteiger partial charge in [-0.2, -0.15) is 13.2 Å². The molecule has 4 rings (SSSR count). The molecule has 1 saturated carbocycles. The molecule has 0 atom stereocenters. The van der Waals surface area contributed by atoms with E-state index >= 15 is 0 Å². The van der Waals surface area contributed by atoms with Crippen molar-refractivity contribution in [3.05, 3.63) is 29.8 Å². The molecule has 2 saturated heterocycles. The van der Waals surface area contributed by atoms with Crippen molar-refractivity contribution in [2.75, 3.05) is 31.1 Å². The van der Waals surface area contributed by atoms with E-state index in [1.807, 2.05) is 4.90 Å². The summed E-state index contributed by atoms with van der Waals surface area (Å²) in [4.78, 5) is 27.3. The van der Waals surface area contributed by atoms with E-state index in [1.54, 1.807) is 4.90 Å². The Morgan fingerprint density at radius 2 is 1.71 bits per heavy atom. The van der Waals surface area contributed by atoms with Crippen LogP contribution < -0.4 is 4.90 Å². The highest BCUT2D eigenvalue weighted by Crippen LogP contribution is 2.37. The van der Waals surface area contributed by atoms with Gasteiger partial charge < -0.3 is 19.6 Å². The summed E-state index contributed by atoms with van der Waals surface area (Å²) in [6.07, 6.45) is -0.511. The number of anilines is 1. The lowest BCUT2D eigenvalue weighted by molar-refractivity contribution is -0.143. The van der Waals surface area contributed by atoms with E-state index in [2.05, 4.69) is 0 Å². The molecular formula is C22H27F3N2O4. The van der Waals surface area contributed by atoms with Gasteiger partial charge in [-0.3, -0.25) is 4.79 Å². The number of hydrogen-bond acceptors (Lipinski definition) is 4. The highest BCUT2D eigenvalue weighted by Gasteiger charge is 2.47. The maximum absolute atomic E-state index is 12.8. The number of amides is 1. The minimum absolute atomic E-state index is 0.275. The first-order chi connectivity index (χ1) is 14.7. The zero-order valence-corrected chi connectivity index (χ0v) is 17.2. The van der Waals surface area contributed by atoms with Crippen molar-refractivity contribution in [1.82, 2.24) is 4.90 Å². The fourth-order valence-corrected chi connectivity index (χ4v) is 5.03. The number of carboxylic acid groups (broad SMARTS) is 1. The van der Waals surface area contributed by atoms with Crippen LogP contribution in [0.25, 0.3) is 0 Å². The van der Waals surface area contributed by atoms with Crippen LogP contribution >= 0.6 is 0 Å². The molecule has 1 aliphatic carbocycles. The summed E-state index contributed by atoms with van der Waals surface area (Å²) >= 11 is 0. The third kappa shape index (κ3) is 4.75. The summed E-state index contributed by atoms with van der Waals surface area (Å²) in [7, 11) is 0. The first-order valence-corrected chi connectivity index (χ1v) is 10.8. The molecule has 1 spiro atoms. The summed E-state index contributed by atoms with van der Waals surface area (Å²) in [5.74, 6) is -0.717. The highest BCUT2D eigenvalue weighted by atomic mass is 19.4. The van der Waals surface area contributed by atoms with Gasteiger partial charge in [-0.1, -0.05) is 0 Å². The van der Waals surface area contributed by atoms with Gasteiger partial charge >= 0.3 is 18.2 Å². The van der Waals surface area contributed by atoms with Gasteiger partial charge in [0, 0.05) is 38.2 Å². The summed E-state index contributed by atoms with van der Waals surface area (Å²) in [5, 5.41) is 9.13. The normalized spacial score (nSPS) is 26.2. The second-order valence-corrected chi connectivity index (χ2v) is 9.02. The van der Waals surface area contributed by atoms with Crippen molar-refractivity contribution in [2.45, 2.75) is 50.3 Å². The van der Waals surface area contributed by atoms with Crippen LogP contribution in [0.3, 0.4) is 0 Å². The van der Waals surface area contributed by atoms with Crippen LogP contribution in [0.5, 0.6) is 0 Å². The Kier molecular flexibility index (Phi) is 5.79. The fraction of sp³-hybridized carbons (Fsp3) is 0.636. The predicted octanol–water partition coefficient (Wildman–Crippen LogP) is 4.39. The van der Waals surface area contributed by atoms with Gasteiger partial charge in [-0.25, -0.2) is 4.79 Å². The van der Waals surface area contributed by atoms with Crippen LogP contribution in [0.2, 0.25) is 0 Å². The molecule has 9 heteroatoms. The van der Waals surface area contributed by atoms with Crippen molar-refractivity contribution in [3.8, 4) is 0 Å². The molecule has 0 radical (unpaired) electrons. The van der Waals surface area contributed by atoms with Crippen molar-refractivity contribution >= 4 is 17.7 Å². The van der Waals surface area contributed by atoms with Crippen molar-refractivity contribution < 1.29 is 32.6 Å². The van der Waals surface area contributed by atoms with E-state index in [0.717, 1.165) is 30.7 Å². The smallest absolute Gasteiger partial charge is 0.416 e. The van der Waals surface area contributed by atoms with Gasteiger partial charge in [-0.15, -0.1) is 0 Å². The molecule has 0 unspecified atom stereocenters. The van der Waals surface area contributed by atoms with E-state index in [9.17, 15) is 22.8 Å². The Morgan fingerprint density at radius 1 is 1.10 bits per heavy atom. The minimum atomic E-state index is -4.35. The second-order valence-electron chi connectivity index (χ2n) is 9.02. The Bertz CT molecular complexity index is 811. The summed E-state index contributed by atoms with van der Waals surface area (Å²) in [5.41, 5.74) is -0.473. The molecule has 2 aliphatic heterocycles. The number of aliphatic carboxylic acids is 1. The number of piperidine rings is 1. The Labute approximate surface area is 179 Å². The molecule has 1 aromatic carbocycles. The Balaban J connectivity index is 1.30. The lowest BCUT2D eigenvalue weighted by Gasteiger charge is -2.38. The maximum atomic E-state index is 12.8. The summed E-state index contributed by atoms with van der Waals surface area (Å²) in [6, 6.07) is 5.16. The Morgan fingerprint density at radius 3 is 2.26 bits per heavy atom. The SMILES string of the molecule is O=C(O)C1CCC(CN2CC3(CCN(c4ccc(C(F)(F)F)cc4)CC3)OC2=O)CC1. The molecule has 31 heavy (non-hydrogen) atoms. The van der Waals surface area contributed by atoms with Crippen molar-refractivity contribution in [3.63, 3.8) is 0 Å². The van der Waals surface area contributed by atoms with Gasteiger partial charge in [0.1, 0.15) is 5.60 Å². The molecule has 170 valence electrons. The van der Waals surface area contributed by atoms with Gasteiger partial charge in [0.05, 0.1) is 18.0 Å². The number of alkyl halides is 3. The summed E-state index contributed by atoms with van der Waals surface area (Å²) in [6.45, 7) is 2.33. The van der Waals surface area contributed by atoms with Crippen molar-refractivity contribution in [1.29, 1.82) is 0 Å².